The predicted octanol–water partition coefficient (Wildman–Crippen LogP) is 0.350. The van der Waals surface area contributed by atoms with Gasteiger partial charge < -0.3 is 15.6 Å². The first-order valence-corrected chi connectivity index (χ1v) is 8.17. The number of anilines is 1. The van der Waals surface area contributed by atoms with Crippen LogP contribution in [0.25, 0.3) is 11.8 Å². The minimum Gasteiger partial charge on any atom is -0.389 e. The van der Waals surface area contributed by atoms with Gasteiger partial charge in [0.1, 0.15) is 17.5 Å². The molecule has 0 unspecified atom stereocenters. The van der Waals surface area contributed by atoms with Crippen molar-refractivity contribution >= 4 is 23.4 Å². The lowest BCUT2D eigenvalue weighted by Crippen LogP contribution is -2.32. The third-order valence-electron chi connectivity index (χ3n) is 4.73. The van der Waals surface area contributed by atoms with Crippen LogP contribution in [-0.2, 0) is 6.54 Å². The van der Waals surface area contributed by atoms with Crippen LogP contribution in [0, 0.1) is 18.3 Å². The molecule has 0 bridgehead atoms. The molecule has 25 heavy (non-hydrogen) atoms. The molecule has 0 saturated carbocycles. The molecule has 4 rings (SSSR count). The number of carbonyl (C=O) groups excluding carboxylic acids is 1. The third kappa shape index (κ3) is 2.24. The number of carbonyl (C=O) groups is 1. The zero-order chi connectivity index (χ0) is 17.6. The summed E-state index contributed by atoms with van der Waals surface area (Å²) in [7, 11) is 0. The number of nitrogens with zero attached hydrogens (tertiary/aromatic N) is 3. The fraction of sp³-hybridized carbons (Fsp3) is 0.211. The molecule has 0 atom stereocenters. The van der Waals surface area contributed by atoms with E-state index in [2.05, 4.69) is 14.9 Å². The van der Waals surface area contributed by atoms with Gasteiger partial charge in [-0.3, -0.25) is 4.79 Å². The number of nitriles is 1. The monoisotopic (exact) mass is 331 g/mol. The number of hydrogen-bond donors (Lipinski definition) is 2. The Bertz CT molecular complexity index is 1080. The van der Waals surface area contributed by atoms with E-state index >= 15 is 0 Å². The second kappa shape index (κ2) is 5.64. The smallest absolute Gasteiger partial charge is 0.206 e. The highest BCUT2D eigenvalue weighted by atomic mass is 16.1. The molecule has 0 radical (unpaired) electrons. The first kappa shape index (κ1) is 15.2. The Balaban J connectivity index is 2.16. The first-order chi connectivity index (χ1) is 12.1. The summed E-state index contributed by atoms with van der Waals surface area (Å²) in [6, 6.07) is 5.64. The zero-order valence-electron chi connectivity index (χ0n) is 13.8. The molecule has 0 aromatic carbocycles. The van der Waals surface area contributed by atoms with Crippen LogP contribution in [0.4, 0.5) is 5.82 Å². The topological polar surface area (TPSA) is 96.7 Å². The van der Waals surface area contributed by atoms with Crippen molar-refractivity contribution in [1.82, 2.24) is 14.9 Å². The second-order valence-electron chi connectivity index (χ2n) is 6.22. The molecule has 2 aromatic heterocycles. The standard InChI is InChI=1S/C19H17N5O/c1-11-15-10-22-5-2-6-24(15)18-14(12-3-4-16(21)23-9-12)7-13(8-20)19(25)17(11)18/h3-4,7,9-10,22H,2,5-6H2,1H3,(H2,21,23). The van der Waals surface area contributed by atoms with Gasteiger partial charge in [0.25, 0.3) is 0 Å². The number of aromatic nitrogens is 2. The summed E-state index contributed by atoms with van der Waals surface area (Å²) < 4.78 is 2.17. The number of ketones is 1. The minimum absolute atomic E-state index is 0.149. The molecule has 3 N–H and O–H groups in total. The number of fused-ring (bicyclic) bond motifs is 3. The quantitative estimate of drug-likeness (QED) is 0.786. The van der Waals surface area contributed by atoms with Crippen LogP contribution in [0.15, 0.2) is 30.0 Å². The summed E-state index contributed by atoms with van der Waals surface area (Å²) in [5.74, 6) is 0.222. The maximum atomic E-state index is 12.8. The highest BCUT2D eigenvalue weighted by Gasteiger charge is 2.27. The second-order valence-corrected chi connectivity index (χ2v) is 6.22. The minimum atomic E-state index is -0.212. The van der Waals surface area contributed by atoms with Gasteiger partial charge in [-0.25, -0.2) is 4.98 Å². The van der Waals surface area contributed by atoms with Crippen LogP contribution in [0.5, 0.6) is 0 Å². The first-order valence-electron chi connectivity index (χ1n) is 8.17. The Morgan fingerprint density at radius 1 is 1.40 bits per heavy atom. The van der Waals surface area contributed by atoms with Crippen LogP contribution in [0.2, 0.25) is 0 Å². The summed E-state index contributed by atoms with van der Waals surface area (Å²) in [6.45, 7) is 3.64. The molecule has 2 aromatic rings. The van der Waals surface area contributed by atoms with Gasteiger partial charge >= 0.3 is 0 Å². The molecule has 3 heterocycles. The van der Waals surface area contributed by atoms with Gasteiger partial charge in [0.2, 0.25) is 5.78 Å². The van der Waals surface area contributed by atoms with E-state index in [9.17, 15) is 10.1 Å². The lowest BCUT2D eigenvalue weighted by atomic mass is 9.91. The number of nitrogens with two attached hydrogens (primary N) is 1. The molecule has 6 nitrogen and oxygen atoms in total. The van der Waals surface area contributed by atoms with Gasteiger partial charge in [0.05, 0.1) is 16.3 Å². The van der Waals surface area contributed by atoms with E-state index in [0.29, 0.717) is 11.4 Å². The summed E-state index contributed by atoms with van der Waals surface area (Å²) in [6.07, 6.45) is 6.27. The molecule has 0 saturated heterocycles. The summed E-state index contributed by atoms with van der Waals surface area (Å²) in [5.41, 5.74) is 9.04. The van der Waals surface area contributed by atoms with Crippen LogP contribution in [-0.4, -0.2) is 21.9 Å². The molecule has 0 spiro atoms. The lowest BCUT2D eigenvalue weighted by molar-refractivity contribution is 0.103. The average Bonchev–Trinajstić information content (AvgIpc) is 2.78. The van der Waals surface area contributed by atoms with Gasteiger partial charge in [-0.2, -0.15) is 5.26 Å². The fourth-order valence-corrected chi connectivity index (χ4v) is 3.53. The van der Waals surface area contributed by atoms with E-state index in [4.69, 9.17) is 5.73 Å². The molecular weight excluding hydrogens is 314 g/mol. The number of pyridine rings is 1. The van der Waals surface area contributed by atoms with Crippen molar-refractivity contribution in [3.8, 4) is 6.07 Å². The number of hydrogen-bond acceptors (Lipinski definition) is 5. The van der Waals surface area contributed by atoms with Crippen molar-refractivity contribution in [3.05, 3.63) is 57.4 Å². The van der Waals surface area contributed by atoms with E-state index in [0.717, 1.165) is 46.9 Å². The number of nitrogens with one attached hydrogen (secondary N) is 1. The van der Waals surface area contributed by atoms with Gasteiger partial charge in [0, 0.05) is 36.6 Å². The van der Waals surface area contributed by atoms with Crippen LogP contribution in [0.1, 0.15) is 27.9 Å². The maximum Gasteiger partial charge on any atom is 0.206 e. The van der Waals surface area contributed by atoms with Crippen LogP contribution in [0.3, 0.4) is 0 Å². The van der Waals surface area contributed by atoms with Crippen molar-refractivity contribution < 1.29 is 4.79 Å². The number of allylic oxidation sites excluding steroid dienone is 2. The van der Waals surface area contributed by atoms with Crippen LogP contribution >= 0.6 is 0 Å². The average molecular weight is 331 g/mol. The Labute approximate surface area is 144 Å². The molecule has 0 amide bonds. The lowest BCUT2D eigenvalue weighted by Gasteiger charge is -2.13. The summed E-state index contributed by atoms with van der Waals surface area (Å²) in [4.78, 5) is 17.0. The van der Waals surface area contributed by atoms with Gasteiger partial charge in [-0.05, 0) is 37.1 Å². The molecule has 6 heteroatoms. The molecule has 2 aliphatic rings. The van der Waals surface area contributed by atoms with Gasteiger partial charge in [-0.15, -0.1) is 0 Å². The number of Topliss-reactive ketones (excluding diaryl/α,β-unsaturated/α-hetero) is 1. The van der Waals surface area contributed by atoms with Crippen molar-refractivity contribution in [2.75, 3.05) is 12.3 Å². The molecular formula is C19H17N5O. The Morgan fingerprint density at radius 3 is 2.96 bits per heavy atom. The Morgan fingerprint density at radius 2 is 2.24 bits per heavy atom. The van der Waals surface area contributed by atoms with Crippen molar-refractivity contribution in [2.24, 2.45) is 0 Å². The number of nitrogen functional groups attached to an aromatic ring is 1. The normalized spacial score (nSPS) is 15.9. The van der Waals surface area contributed by atoms with Gasteiger partial charge in [-0.1, -0.05) is 0 Å². The van der Waals surface area contributed by atoms with E-state index in [1.165, 1.54) is 0 Å². The summed E-state index contributed by atoms with van der Waals surface area (Å²) in [5, 5.41) is 14.6. The molecule has 124 valence electrons. The van der Waals surface area contributed by atoms with E-state index in [-0.39, 0.29) is 11.4 Å². The predicted molar refractivity (Wildman–Crippen MR) is 94.7 cm³/mol. The zero-order valence-corrected chi connectivity index (χ0v) is 13.8. The Kier molecular flexibility index (Phi) is 3.43. The summed E-state index contributed by atoms with van der Waals surface area (Å²) >= 11 is 0. The Hall–Kier alpha value is -3.33. The van der Waals surface area contributed by atoms with Crippen molar-refractivity contribution in [1.29, 1.82) is 5.26 Å². The molecule has 0 fully saturated rings. The highest BCUT2D eigenvalue weighted by Crippen LogP contribution is 2.22. The van der Waals surface area contributed by atoms with Crippen LogP contribution < -0.4 is 21.7 Å². The van der Waals surface area contributed by atoms with Gasteiger partial charge in [0.15, 0.2) is 0 Å². The van der Waals surface area contributed by atoms with E-state index < -0.39 is 0 Å². The highest BCUT2D eigenvalue weighted by molar-refractivity contribution is 6.16. The maximum absolute atomic E-state index is 12.8. The molecule has 1 aliphatic heterocycles. The van der Waals surface area contributed by atoms with Crippen molar-refractivity contribution in [2.45, 2.75) is 19.9 Å². The SMILES string of the molecule is Cc1c2c(n3c1=CNCCC3)=C(c1ccc(N)nc1)C=C(C#N)C2=O. The molecule has 1 aliphatic carbocycles. The van der Waals surface area contributed by atoms with Crippen molar-refractivity contribution in [3.63, 3.8) is 0 Å². The number of rotatable bonds is 1. The fourth-order valence-electron chi connectivity index (χ4n) is 3.53. The van der Waals surface area contributed by atoms with E-state index in [1.807, 2.05) is 25.3 Å². The largest absolute Gasteiger partial charge is 0.389 e. The van der Waals surface area contributed by atoms with E-state index in [1.54, 1.807) is 18.3 Å². The third-order valence-corrected chi connectivity index (χ3v) is 4.73.